The molecular weight excluding hydrogens is 362 g/mol. The molecule has 0 fully saturated rings. The van der Waals surface area contributed by atoms with Gasteiger partial charge >= 0.3 is 10.1 Å². The number of ketones is 1. The normalized spacial score (nSPS) is 11.2. The van der Waals surface area contributed by atoms with E-state index in [0.717, 1.165) is 6.07 Å². The van der Waals surface area contributed by atoms with Crippen molar-refractivity contribution >= 4 is 15.9 Å². The summed E-state index contributed by atoms with van der Waals surface area (Å²) in [6, 6.07) is 15.9. The van der Waals surface area contributed by atoms with E-state index in [-0.39, 0.29) is 11.5 Å². The summed E-state index contributed by atoms with van der Waals surface area (Å²) in [5.41, 5.74) is 0.813. The van der Waals surface area contributed by atoms with Crippen molar-refractivity contribution in [2.45, 2.75) is 4.90 Å². The average molecular weight is 374 g/mol. The second-order valence-corrected chi connectivity index (χ2v) is 6.85. The van der Waals surface area contributed by atoms with Crippen LogP contribution in [-0.2, 0) is 10.1 Å². The van der Waals surface area contributed by atoms with E-state index >= 15 is 0 Å². The lowest BCUT2D eigenvalue weighted by Gasteiger charge is -2.08. The van der Waals surface area contributed by atoms with Crippen LogP contribution in [0.25, 0.3) is 0 Å². The van der Waals surface area contributed by atoms with Crippen LogP contribution in [0.15, 0.2) is 77.7 Å². The van der Waals surface area contributed by atoms with E-state index in [1.807, 2.05) is 0 Å². The summed E-state index contributed by atoms with van der Waals surface area (Å²) in [5.74, 6) is -2.39. The predicted octanol–water partition coefficient (Wildman–Crippen LogP) is 3.96. The molecule has 4 nitrogen and oxygen atoms in total. The van der Waals surface area contributed by atoms with Gasteiger partial charge in [-0.05, 0) is 42.5 Å². The van der Waals surface area contributed by atoms with Gasteiger partial charge < -0.3 is 4.18 Å². The fourth-order valence-corrected chi connectivity index (χ4v) is 3.28. The van der Waals surface area contributed by atoms with Gasteiger partial charge in [0, 0.05) is 11.1 Å². The van der Waals surface area contributed by atoms with Crippen molar-refractivity contribution in [3.05, 3.63) is 95.6 Å². The highest BCUT2D eigenvalue weighted by Crippen LogP contribution is 2.22. The van der Waals surface area contributed by atoms with Crippen molar-refractivity contribution in [2.24, 2.45) is 0 Å². The molecular formula is C19H12F2O4S. The van der Waals surface area contributed by atoms with Gasteiger partial charge in [0.1, 0.15) is 22.3 Å². The van der Waals surface area contributed by atoms with Crippen LogP contribution in [0.2, 0.25) is 0 Å². The van der Waals surface area contributed by atoms with Crippen LogP contribution in [0.4, 0.5) is 8.78 Å². The van der Waals surface area contributed by atoms with E-state index < -0.39 is 26.6 Å². The van der Waals surface area contributed by atoms with Crippen LogP contribution < -0.4 is 4.18 Å². The van der Waals surface area contributed by atoms with Gasteiger partial charge in [-0.15, -0.1) is 0 Å². The number of benzene rings is 3. The minimum atomic E-state index is -4.55. The predicted molar refractivity (Wildman–Crippen MR) is 90.5 cm³/mol. The maximum atomic E-state index is 13.7. The molecule has 0 heterocycles. The van der Waals surface area contributed by atoms with Gasteiger partial charge in [-0.1, -0.05) is 30.3 Å². The molecule has 0 saturated heterocycles. The number of carbonyl (C=O) groups is 1. The lowest BCUT2D eigenvalue weighted by atomic mass is 10.0. The van der Waals surface area contributed by atoms with Crippen LogP contribution in [-0.4, -0.2) is 14.2 Å². The monoisotopic (exact) mass is 374 g/mol. The summed E-state index contributed by atoms with van der Waals surface area (Å²) in [5, 5.41) is 0. The summed E-state index contributed by atoms with van der Waals surface area (Å²) in [6.07, 6.45) is 0. The van der Waals surface area contributed by atoms with Crippen molar-refractivity contribution in [3.63, 3.8) is 0 Å². The molecule has 26 heavy (non-hydrogen) atoms. The zero-order valence-corrected chi connectivity index (χ0v) is 14.0. The molecule has 0 aliphatic heterocycles. The van der Waals surface area contributed by atoms with Gasteiger partial charge in [-0.3, -0.25) is 4.79 Å². The summed E-state index contributed by atoms with van der Waals surface area (Å²) < 4.78 is 55.9. The minimum Gasteiger partial charge on any atom is -0.379 e. The molecule has 3 rings (SSSR count). The first-order chi connectivity index (χ1) is 12.4. The molecule has 0 aliphatic rings. The Labute approximate surface area is 148 Å². The average Bonchev–Trinajstić information content (AvgIpc) is 2.64. The Morgan fingerprint density at radius 1 is 0.808 bits per heavy atom. The Bertz CT molecular complexity index is 1050. The highest BCUT2D eigenvalue weighted by molar-refractivity contribution is 7.87. The fraction of sp³-hybridized carbons (Fsp3) is 0. The molecule has 0 aromatic heterocycles. The van der Waals surface area contributed by atoms with Crippen LogP contribution >= 0.6 is 0 Å². The highest BCUT2D eigenvalue weighted by Gasteiger charge is 2.22. The second kappa shape index (κ2) is 7.05. The molecule has 3 aromatic rings. The van der Waals surface area contributed by atoms with Gasteiger partial charge in [0.25, 0.3) is 0 Å². The zero-order valence-electron chi connectivity index (χ0n) is 13.2. The molecule has 0 atom stereocenters. The molecule has 132 valence electrons. The molecule has 0 N–H and O–H groups in total. The van der Waals surface area contributed by atoms with Gasteiger partial charge in [-0.2, -0.15) is 8.42 Å². The van der Waals surface area contributed by atoms with Crippen molar-refractivity contribution < 1.29 is 26.2 Å². The highest BCUT2D eigenvalue weighted by atomic mass is 32.2. The minimum absolute atomic E-state index is 0.127. The Morgan fingerprint density at radius 3 is 2.08 bits per heavy atom. The number of carbonyl (C=O) groups excluding carboxylic acids is 1. The van der Waals surface area contributed by atoms with Crippen molar-refractivity contribution in [3.8, 4) is 5.75 Å². The molecule has 0 spiro atoms. The molecule has 0 bridgehead atoms. The van der Waals surface area contributed by atoms with Crippen molar-refractivity contribution in [2.75, 3.05) is 0 Å². The summed E-state index contributed by atoms with van der Waals surface area (Å²) in [4.78, 5) is 11.4. The molecule has 3 aromatic carbocycles. The maximum absolute atomic E-state index is 13.7. The van der Waals surface area contributed by atoms with Gasteiger partial charge in [-0.25, -0.2) is 8.78 Å². The molecule has 0 saturated carbocycles. The van der Waals surface area contributed by atoms with E-state index in [9.17, 15) is 22.0 Å². The molecule has 0 unspecified atom stereocenters. The SMILES string of the molecule is O=C(c1ccccc1)c1ccc(OS(=O)(=O)c2cc(F)ccc2F)cc1. The second-order valence-electron chi connectivity index (χ2n) is 5.33. The smallest absolute Gasteiger partial charge is 0.342 e. The Kier molecular flexibility index (Phi) is 4.81. The third-order valence-corrected chi connectivity index (χ3v) is 4.78. The third kappa shape index (κ3) is 3.78. The Hall–Kier alpha value is -3.06. The quantitative estimate of drug-likeness (QED) is 0.501. The van der Waals surface area contributed by atoms with Crippen LogP contribution in [0.3, 0.4) is 0 Å². The molecule has 0 aliphatic carbocycles. The largest absolute Gasteiger partial charge is 0.379 e. The topological polar surface area (TPSA) is 60.4 Å². The lowest BCUT2D eigenvalue weighted by Crippen LogP contribution is -2.12. The number of hydrogen-bond acceptors (Lipinski definition) is 4. The third-order valence-electron chi connectivity index (χ3n) is 3.52. The molecule has 0 amide bonds. The van der Waals surface area contributed by atoms with E-state index in [0.29, 0.717) is 23.3 Å². The van der Waals surface area contributed by atoms with Crippen LogP contribution in [0.1, 0.15) is 15.9 Å². The van der Waals surface area contributed by atoms with E-state index in [2.05, 4.69) is 0 Å². The van der Waals surface area contributed by atoms with E-state index in [1.165, 1.54) is 24.3 Å². The van der Waals surface area contributed by atoms with Gasteiger partial charge in [0.15, 0.2) is 5.78 Å². The fourth-order valence-electron chi connectivity index (χ4n) is 2.26. The Morgan fingerprint density at radius 2 is 1.42 bits per heavy atom. The lowest BCUT2D eigenvalue weighted by molar-refractivity contribution is 0.103. The number of halogens is 2. The number of rotatable bonds is 5. The van der Waals surface area contributed by atoms with Crippen LogP contribution in [0.5, 0.6) is 5.75 Å². The van der Waals surface area contributed by atoms with E-state index in [1.54, 1.807) is 30.3 Å². The summed E-state index contributed by atoms with van der Waals surface area (Å²) >= 11 is 0. The van der Waals surface area contributed by atoms with Crippen LogP contribution in [0, 0.1) is 11.6 Å². The Balaban J connectivity index is 1.83. The first-order valence-corrected chi connectivity index (χ1v) is 8.87. The summed E-state index contributed by atoms with van der Waals surface area (Å²) in [6.45, 7) is 0. The van der Waals surface area contributed by atoms with E-state index in [4.69, 9.17) is 4.18 Å². The number of hydrogen-bond donors (Lipinski definition) is 0. The standard InChI is InChI=1S/C19H12F2O4S/c20-15-8-11-17(21)18(12-15)26(23,24)25-16-9-6-14(7-10-16)19(22)13-4-2-1-3-5-13/h1-12H. The molecule has 0 radical (unpaired) electrons. The van der Waals surface area contributed by atoms with Crippen molar-refractivity contribution in [1.82, 2.24) is 0 Å². The van der Waals surface area contributed by atoms with Crippen molar-refractivity contribution in [1.29, 1.82) is 0 Å². The van der Waals surface area contributed by atoms with Gasteiger partial charge in [0.05, 0.1) is 0 Å². The first kappa shape index (κ1) is 17.8. The zero-order chi connectivity index (χ0) is 18.7. The molecule has 7 heteroatoms. The maximum Gasteiger partial charge on any atom is 0.342 e. The first-order valence-electron chi connectivity index (χ1n) is 7.46. The summed E-state index contributed by atoms with van der Waals surface area (Å²) in [7, 11) is -4.55. The van der Waals surface area contributed by atoms with Gasteiger partial charge in [0.2, 0.25) is 0 Å².